The van der Waals surface area contributed by atoms with Gasteiger partial charge in [0.05, 0.1) is 5.60 Å². The smallest absolute Gasteiger partial charge is 0.0718 e. The predicted octanol–water partition coefficient (Wildman–Crippen LogP) is 1.83. The minimum Gasteiger partial charge on any atom is -0.389 e. The second-order valence-corrected chi connectivity index (χ2v) is 6.55. The van der Waals surface area contributed by atoms with Crippen molar-refractivity contribution in [2.45, 2.75) is 38.5 Å². The summed E-state index contributed by atoms with van der Waals surface area (Å²) in [5.41, 5.74) is -0.552. The zero-order valence-electron chi connectivity index (χ0n) is 9.79. The zero-order chi connectivity index (χ0) is 10.8. The summed E-state index contributed by atoms with van der Waals surface area (Å²) < 4.78 is 0. The lowest BCUT2D eigenvalue weighted by atomic mass is 10.1. The van der Waals surface area contributed by atoms with Gasteiger partial charge in [-0.2, -0.15) is 11.8 Å². The van der Waals surface area contributed by atoms with Crippen LogP contribution in [-0.2, 0) is 0 Å². The molecule has 1 unspecified atom stereocenters. The Morgan fingerprint density at radius 3 is 2.64 bits per heavy atom. The molecule has 0 spiro atoms. The second-order valence-electron chi connectivity index (χ2n) is 5.20. The molecule has 0 aliphatic carbocycles. The van der Waals surface area contributed by atoms with Gasteiger partial charge in [-0.25, -0.2) is 0 Å². The van der Waals surface area contributed by atoms with Crippen LogP contribution in [0.15, 0.2) is 0 Å². The summed E-state index contributed by atoms with van der Waals surface area (Å²) in [5, 5.41) is 10.5. The summed E-state index contributed by atoms with van der Waals surface area (Å²) in [6, 6.07) is 0. The summed E-state index contributed by atoms with van der Waals surface area (Å²) in [5.74, 6) is 1.95. The van der Waals surface area contributed by atoms with Crippen LogP contribution < -0.4 is 0 Å². The first kappa shape index (κ1) is 12.3. The van der Waals surface area contributed by atoms with Gasteiger partial charge in [0.25, 0.3) is 0 Å². The maximum absolute atomic E-state index is 9.75. The molecule has 1 heterocycles. The van der Waals surface area contributed by atoms with Gasteiger partial charge in [0.15, 0.2) is 0 Å². The molecular formula is C11H23NOS. The van der Waals surface area contributed by atoms with Crippen LogP contribution in [0.2, 0.25) is 0 Å². The molecular weight excluding hydrogens is 194 g/mol. The van der Waals surface area contributed by atoms with Gasteiger partial charge in [0, 0.05) is 30.6 Å². The van der Waals surface area contributed by atoms with Crippen LogP contribution >= 0.6 is 11.8 Å². The summed E-state index contributed by atoms with van der Waals surface area (Å²) in [7, 11) is 0. The van der Waals surface area contributed by atoms with E-state index in [2.05, 4.69) is 30.5 Å². The minimum absolute atomic E-state index is 0.552. The molecule has 1 fully saturated rings. The van der Waals surface area contributed by atoms with Crippen molar-refractivity contribution in [2.24, 2.45) is 5.92 Å². The fourth-order valence-corrected chi connectivity index (χ4v) is 3.19. The van der Waals surface area contributed by atoms with Gasteiger partial charge >= 0.3 is 0 Å². The first-order valence-electron chi connectivity index (χ1n) is 5.45. The first-order valence-corrected chi connectivity index (χ1v) is 6.50. The molecule has 1 aliphatic heterocycles. The molecule has 0 aromatic heterocycles. The Labute approximate surface area is 92.1 Å². The Morgan fingerprint density at radius 2 is 2.14 bits per heavy atom. The highest BCUT2D eigenvalue weighted by molar-refractivity contribution is 8.00. The van der Waals surface area contributed by atoms with Crippen LogP contribution in [0.4, 0.5) is 0 Å². The molecule has 3 heteroatoms. The molecule has 1 N–H and O–H groups in total. The van der Waals surface area contributed by atoms with Crippen molar-refractivity contribution in [3.63, 3.8) is 0 Å². The summed E-state index contributed by atoms with van der Waals surface area (Å²) >= 11 is 2.08. The van der Waals surface area contributed by atoms with Gasteiger partial charge < -0.3 is 5.11 Å². The van der Waals surface area contributed by atoms with Crippen molar-refractivity contribution in [2.75, 3.05) is 25.4 Å². The standard InChI is InChI=1S/C11H23NOS/c1-9(2)10-7-12(5-6-14-10)8-11(3,4)13/h9-10,13H,5-8H2,1-4H3. The molecule has 0 saturated carbocycles. The number of hydrogen-bond donors (Lipinski definition) is 1. The van der Waals surface area contributed by atoms with Crippen molar-refractivity contribution in [3.8, 4) is 0 Å². The third-order valence-electron chi connectivity index (χ3n) is 2.53. The lowest BCUT2D eigenvalue weighted by molar-refractivity contribution is 0.0363. The Balaban J connectivity index is 2.40. The van der Waals surface area contributed by atoms with Gasteiger partial charge in [0.1, 0.15) is 0 Å². The molecule has 14 heavy (non-hydrogen) atoms. The van der Waals surface area contributed by atoms with Gasteiger partial charge in [-0.15, -0.1) is 0 Å². The molecule has 1 atom stereocenters. The van der Waals surface area contributed by atoms with E-state index in [-0.39, 0.29) is 0 Å². The van der Waals surface area contributed by atoms with Crippen LogP contribution in [0.1, 0.15) is 27.7 Å². The highest BCUT2D eigenvalue weighted by Crippen LogP contribution is 2.25. The number of rotatable bonds is 3. The minimum atomic E-state index is -0.552. The van der Waals surface area contributed by atoms with Gasteiger partial charge in [-0.05, 0) is 19.8 Å². The predicted molar refractivity (Wildman–Crippen MR) is 63.8 cm³/mol. The van der Waals surface area contributed by atoms with Crippen molar-refractivity contribution in [1.82, 2.24) is 4.90 Å². The van der Waals surface area contributed by atoms with E-state index >= 15 is 0 Å². The summed E-state index contributed by atoms with van der Waals surface area (Å²) in [4.78, 5) is 2.39. The van der Waals surface area contributed by atoms with Crippen LogP contribution in [0, 0.1) is 5.92 Å². The van der Waals surface area contributed by atoms with E-state index in [1.54, 1.807) is 0 Å². The van der Waals surface area contributed by atoms with Crippen molar-refractivity contribution >= 4 is 11.8 Å². The lowest BCUT2D eigenvalue weighted by Crippen LogP contribution is -2.46. The maximum atomic E-state index is 9.75. The van der Waals surface area contributed by atoms with Crippen molar-refractivity contribution in [3.05, 3.63) is 0 Å². The molecule has 0 aromatic carbocycles. The van der Waals surface area contributed by atoms with E-state index in [1.165, 1.54) is 5.75 Å². The second kappa shape index (κ2) is 4.86. The molecule has 1 saturated heterocycles. The normalized spacial score (nSPS) is 25.7. The van der Waals surface area contributed by atoms with Crippen molar-refractivity contribution in [1.29, 1.82) is 0 Å². The first-order chi connectivity index (χ1) is 6.38. The Morgan fingerprint density at radius 1 is 1.50 bits per heavy atom. The fourth-order valence-electron chi connectivity index (χ4n) is 1.83. The number of hydrogen-bond acceptors (Lipinski definition) is 3. The van der Waals surface area contributed by atoms with Crippen LogP contribution in [0.5, 0.6) is 0 Å². The Hall–Kier alpha value is 0.270. The third-order valence-corrected chi connectivity index (χ3v) is 4.07. The molecule has 0 amide bonds. The van der Waals surface area contributed by atoms with Crippen LogP contribution in [0.3, 0.4) is 0 Å². The largest absolute Gasteiger partial charge is 0.389 e. The quantitative estimate of drug-likeness (QED) is 0.780. The maximum Gasteiger partial charge on any atom is 0.0718 e. The molecule has 2 nitrogen and oxygen atoms in total. The average molecular weight is 217 g/mol. The van der Waals surface area contributed by atoms with Crippen LogP contribution in [-0.4, -0.2) is 46.2 Å². The number of β-amino-alcohol motifs (C(OH)–C–C–N with tert-alkyl or cyclic N) is 1. The monoisotopic (exact) mass is 217 g/mol. The van der Waals surface area contributed by atoms with Gasteiger partial charge in [-0.1, -0.05) is 13.8 Å². The topological polar surface area (TPSA) is 23.5 Å². The van der Waals surface area contributed by atoms with E-state index in [4.69, 9.17) is 0 Å². The van der Waals surface area contributed by atoms with E-state index in [0.29, 0.717) is 0 Å². The zero-order valence-corrected chi connectivity index (χ0v) is 10.6. The SMILES string of the molecule is CC(C)C1CN(CC(C)(C)O)CCS1. The molecule has 84 valence electrons. The van der Waals surface area contributed by atoms with Gasteiger partial charge in [-0.3, -0.25) is 4.90 Å². The number of thioether (sulfide) groups is 1. The Kier molecular flexibility index (Phi) is 4.29. The van der Waals surface area contributed by atoms with Gasteiger partial charge in [0.2, 0.25) is 0 Å². The summed E-state index contributed by atoms with van der Waals surface area (Å²) in [6.45, 7) is 11.4. The number of nitrogens with zero attached hydrogens (tertiary/aromatic N) is 1. The van der Waals surface area contributed by atoms with E-state index < -0.39 is 5.60 Å². The average Bonchev–Trinajstić information content (AvgIpc) is 2.01. The Bertz CT molecular complexity index is 177. The van der Waals surface area contributed by atoms with E-state index in [9.17, 15) is 5.11 Å². The van der Waals surface area contributed by atoms with E-state index in [0.717, 1.165) is 30.8 Å². The molecule has 0 radical (unpaired) electrons. The molecule has 0 aromatic rings. The van der Waals surface area contributed by atoms with Crippen LogP contribution in [0.25, 0.3) is 0 Å². The molecule has 1 rings (SSSR count). The number of aliphatic hydroxyl groups is 1. The lowest BCUT2D eigenvalue weighted by Gasteiger charge is -2.37. The van der Waals surface area contributed by atoms with Crippen molar-refractivity contribution < 1.29 is 5.11 Å². The van der Waals surface area contributed by atoms with E-state index in [1.807, 2.05) is 13.8 Å². The highest BCUT2D eigenvalue weighted by atomic mass is 32.2. The molecule has 1 aliphatic rings. The molecule has 0 bridgehead atoms. The summed E-state index contributed by atoms with van der Waals surface area (Å²) in [6.07, 6.45) is 0. The fraction of sp³-hybridized carbons (Fsp3) is 1.00. The third kappa shape index (κ3) is 4.20. The highest BCUT2D eigenvalue weighted by Gasteiger charge is 2.26.